The van der Waals surface area contributed by atoms with E-state index in [4.69, 9.17) is 14.3 Å². The second-order valence-electron chi connectivity index (χ2n) is 4.56. The van der Waals surface area contributed by atoms with Gasteiger partial charge in [0.05, 0.1) is 32.1 Å². The van der Waals surface area contributed by atoms with Crippen LogP contribution in [0.5, 0.6) is 0 Å². The molecule has 0 aromatic heterocycles. The predicted molar refractivity (Wildman–Crippen MR) is 74.6 cm³/mol. The number of carbonyl (C=O) groups is 1. The van der Waals surface area contributed by atoms with Gasteiger partial charge in [0.2, 0.25) is 5.91 Å². The first-order valence-electron chi connectivity index (χ1n) is 6.85. The Morgan fingerprint density at radius 3 is 2.89 bits per heavy atom. The Kier molecular flexibility index (Phi) is 7.97. The van der Waals surface area contributed by atoms with Gasteiger partial charge in [0.25, 0.3) is 0 Å². The Hall–Kier alpha value is -0.690. The molecule has 0 bridgehead atoms. The number of rotatable bonds is 8. The quantitative estimate of drug-likeness (QED) is 0.391. The number of hydrogen-bond donors (Lipinski definition) is 0. The Labute approximate surface area is 116 Å². The number of likely N-dealkylation sites (tertiary alicyclic amines) is 1. The molecule has 1 fully saturated rings. The third-order valence-corrected chi connectivity index (χ3v) is 4.34. The van der Waals surface area contributed by atoms with Crippen molar-refractivity contribution in [2.24, 2.45) is 0 Å². The second-order valence-corrected chi connectivity index (χ2v) is 5.95. The van der Waals surface area contributed by atoms with Gasteiger partial charge >= 0.3 is 0 Å². The smallest absolute Gasteiger partial charge is 0.225 e. The molecule has 1 aliphatic rings. The first kappa shape index (κ1) is 16.4. The molecule has 0 radical (unpaired) electrons. The van der Waals surface area contributed by atoms with Crippen molar-refractivity contribution in [3.8, 4) is 6.07 Å². The monoisotopic (exact) mass is 287 g/mol. The molecule has 1 aliphatic heterocycles. The highest BCUT2D eigenvalue weighted by Gasteiger charge is 2.26. The van der Waals surface area contributed by atoms with Crippen LogP contribution in [0.2, 0.25) is 0 Å². The molecule has 0 spiro atoms. The highest BCUT2D eigenvalue weighted by molar-refractivity contribution is 7.46. The molecule has 5 nitrogen and oxygen atoms in total. The van der Waals surface area contributed by atoms with Crippen LogP contribution >= 0.6 is 8.38 Å². The van der Waals surface area contributed by atoms with E-state index in [-0.39, 0.29) is 5.91 Å². The molecule has 1 rings (SSSR count). The van der Waals surface area contributed by atoms with Gasteiger partial charge in [-0.05, 0) is 19.3 Å². The van der Waals surface area contributed by atoms with Crippen LogP contribution in [0.25, 0.3) is 0 Å². The van der Waals surface area contributed by atoms with Crippen LogP contribution in [0.1, 0.15) is 39.0 Å². The van der Waals surface area contributed by atoms with Crippen molar-refractivity contribution < 1.29 is 13.8 Å². The fourth-order valence-electron chi connectivity index (χ4n) is 2.25. The Morgan fingerprint density at radius 2 is 2.21 bits per heavy atom. The number of hydrogen-bond acceptors (Lipinski definition) is 4. The summed E-state index contributed by atoms with van der Waals surface area (Å²) in [7, 11) is -0.972. The summed E-state index contributed by atoms with van der Waals surface area (Å²) in [5.41, 5.74) is 0. The van der Waals surface area contributed by atoms with Crippen molar-refractivity contribution in [3.05, 3.63) is 0 Å². The van der Waals surface area contributed by atoms with Gasteiger partial charge in [-0.15, -0.1) is 0 Å². The number of nitrogens with zero attached hydrogens (tertiary/aromatic N) is 2. The van der Waals surface area contributed by atoms with Crippen molar-refractivity contribution in [2.45, 2.75) is 45.1 Å². The van der Waals surface area contributed by atoms with Crippen molar-refractivity contribution in [2.75, 3.05) is 26.4 Å². The first-order chi connectivity index (χ1) is 9.19. The molecule has 2 unspecified atom stereocenters. The fourth-order valence-corrected chi connectivity index (χ4v) is 3.02. The predicted octanol–water partition coefficient (Wildman–Crippen LogP) is 2.67. The molecule has 0 aromatic carbocycles. The molecule has 1 heterocycles. The normalized spacial score (nSPS) is 20.3. The zero-order valence-corrected chi connectivity index (χ0v) is 12.7. The maximum atomic E-state index is 12.0. The van der Waals surface area contributed by atoms with Crippen LogP contribution in [0, 0.1) is 11.3 Å². The molecule has 19 heavy (non-hydrogen) atoms. The Bertz CT molecular complexity index is 320. The molecular formula is C13H23N2O3P. The first-order valence-corrected chi connectivity index (χ1v) is 8.47. The summed E-state index contributed by atoms with van der Waals surface area (Å²) in [5, 5.41) is 8.38. The SMILES string of the molecule is C[13CH2]C1CCCN1C(=O)CCOP(C)OCCC#N. The summed E-state index contributed by atoms with van der Waals surface area (Å²) >= 11 is 0. The van der Waals surface area contributed by atoms with Gasteiger partial charge < -0.3 is 13.9 Å². The molecule has 6 heteroatoms. The van der Waals surface area contributed by atoms with Crippen molar-refractivity contribution >= 4 is 14.3 Å². The van der Waals surface area contributed by atoms with Gasteiger partial charge in [-0.2, -0.15) is 5.26 Å². The van der Waals surface area contributed by atoms with Crippen LogP contribution in [0.3, 0.4) is 0 Å². The highest BCUT2D eigenvalue weighted by Crippen LogP contribution is 2.33. The molecule has 0 N–H and O–H groups in total. The topological polar surface area (TPSA) is 62.6 Å². The van der Waals surface area contributed by atoms with E-state index >= 15 is 0 Å². The van der Waals surface area contributed by atoms with Crippen LogP contribution in [-0.2, 0) is 13.8 Å². The average molecular weight is 287 g/mol. The third-order valence-electron chi connectivity index (χ3n) is 3.24. The fraction of sp³-hybridized carbons (Fsp3) is 0.846. The minimum absolute atomic E-state index is 0.185. The van der Waals surface area contributed by atoms with E-state index in [2.05, 4.69) is 6.92 Å². The zero-order chi connectivity index (χ0) is 14.1. The standard InChI is InChI=1S/C13H23N2O3P/c1-3-12-6-4-9-15(12)13(16)7-11-18-19(2)17-10-5-8-14/h12H,3-7,9-11H2,1-2H3/i3+1. The summed E-state index contributed by atoms with van der Waals surface area (Å²) in [6.07, 6.45) is 4.07. The molecule has 0 aliphatic carbocycles. The lowest BCUT2D eigenvalue weighted by Crippen LogP contribution is -2.35. The Balaban J connectivity index is 2.15. The maximum Gasteiger partial charge on any atom is 0.225 e. The summed E-state index contributed by atoms with van der Waals surface area (Å²) in [5.74, 6) is 0.185. The maximum absolute atomic E-state index is 12.0. The van der Waals surface area contributed by atoms with E-state index in [1.165, 1.54) is 0 Å². The van der Waals surface area contributed by atoms with Crippen LogP contribution in [0.15, 0.2) is 0 Å². The molecule has 0 saturated carbocycles. The summed E-state index contributed by atoms with van der Waals surface area (Å²) in [6.45, 7) is 5.66. The summed E-state index contributed by atoms with van der Waals surface area (Å²) in [6, 6.07) is 2.43. The molecule has 108 valence electrons. The molecule has 1 amide bonds. The summed E-state index contributed by atoms with van der Waals surface area (Å²) < 4.78 is 10.8. The van der Waals surface area contributed by atoms with Crippen LogP contribution in [0.4, 0.5) is 0 Å². The van der Waals surface area contributed by atoms with Gasteiger partial charge in [0, 0.05) is 19.3 Å². The van der Waals surface area contributed by atoms with E-state index in [1.807, 2.05) is 17.6 Å². The third kappa shape index (κ3) is 5.86. The molecule has 0 aromatic rings. The van der Waals surface area contributed by atoms with Gasteiger partial charge in [-0.1, -0.05) is 6.92 Å². The largest absolute Gasteiger partial charge is 0.340 e. The lowest BCUT2D eigenvalue weighted by molar-refractivity contribution is -0.132. The zero-order valence-electron chi connectivity index (χ0n) is 11.8. The van der Waals surface area contributed by atoms with Gasteiger partial charge in [0.15, 0.2) is 8.38 Å². The van der Waals surface area contributed by atoms with Crippen molar-refractivity contribution in [1.29, 1.82) is 5.26 Å². The van der Waals surface area contributed by atoms with Crippen molar-refractivity contribution in [3.63, 3.8) is 0 Å². The van der Waals surface area contributed by atoms with Gasteiger partial charge in [-0.25, -0.2) is 0 Å². The Morgan fingerprint density at radius 1 is 1.47 bits per heavy atom. The van der Waals surface area contributed by atoms with Gasteiger partial charge in [-0.3, -0.25) is 4.79 Å². The van der Waals surface area contributed by atoms with E-state index in [0.29, 0.717) is 32.1 Å². The number of amides is 1. The second kappa shape index (κ2) is 9.25. The number of nitriles is 1. The van der Waals surface area contributed by atoms with E-state index < -0.39 is 8.38 Å². The van der Waals surface area contributed by atoms with Crippen LogP contribution < -0.4 is 0 Å². The van der Waals surface area contributed by atoms with Gasteiger partial charge in [0.1, 0.15) is 0 Å². The van der Waals surface area contributed by atoms with E-state index in [1.54, 1.807) is 0 Å². The molecule has 2 atom stereocenters. The average Bonchev–Trinajstić information content (AvgIpc) is 2.87. The minimum atomic E-state index is -0.972. The molecule has 1 saturated heterocycles. The van der Waals surface area contributed by atoms with E-state index in [0.717, 1.165) is 25.8 Å². The lowest BCUT2D eigenvalue weighted by atomic mass is 10.3. The molecular weight excluding hydrogens is 264 g/mol. The lowest BCUT2D eigenvalue weighted by Gasteiger charge is -2.23. The van der Waals surface area contributed by atoms with E-state index in [9.17, 15) is 4.79 Å². The van der Waals surface area contributed by atoms with Crippen molar-refractivity contribution in [1.82, 2.24) is 4.90 Å². The highest BCUT2D eigenvalue weighted by atomic mass is 31.2. The van der Waals surface area contributed by atoms with Crippen LogP contribution in [-0.4, -0.2) is 43.3 Å². The number of carbonyl (C=O) groups excluding carboxylic acids is 1. The summed E-state index contributed by atoms with van der Waals surface area (Å²) in [4.78, 5) is 14.0. The minimum Gasteiger partial charge on any atom is -0.340 e.